The molecule has 0 bridgehead atoms. The maximum atomic E-state index is 12.0. The number of rotatable bonds is 4. The average molecular weight is 374 g/mol. The summed E-state index contributed by atoms with van der Waals surface area (Å²) in [5, 5.41) is 0. The Morgan fingerprint density at radius 1 is 1.26 bits per heavy atom. The van der Waals surface area contributed by atoms with Gasteiger partial charge in [0.1, 0.15) is 6.61 Å². The van der Waals surface area contributed by atoms with Gasteiger partial charge >= 0.3 is 0 Å². The monoisotopic (exact) mass is 374 g/mol. The van der Waals surface area contributed by atoms with Gasteiger partial charge in [-0.1, -0.05) is 12.1 Å². The van der Waals surface area contributed by atoms with Gasteiger partial charge in [-0.2, -0.15) is 0 Å². The van der Waals surface area contributed by atoms with Crippen molar-refractivity contribution in [2.24, 2.45) is 0 Å². The summed E-state index contributed by atoms with van der Waals surface area (Å²) >= 11 is 2.22. The summed E-state index contributed by atoms with van der Waals surface area (Å²) in [6.07, 6.45) is 2.28. The zero-order valence-corrected chi connectivity index (χ0v) is 13.4. The van der Waals surface area contributed by atoms with Gasteiger partial charge in [-0.3, -0.25) is 4.79 Å². The molecule has 1 fully saturated rings. The van der Waals surface area contributed by atoms with Gasteiger partial charge in [0, 0.05) is 9.13 Å². The Labute approximate surface area is 127 Å². The third-order valence-corrected chi connectivity index (χ3v) is 3.99. The Morgan fingerprint density at radius 2 is 1.84 bits per heavy atom. The Morgan fingerprint density at radius 3 is 2.42 bits per heavy atom. The highest BCUT2D eigenvalue weighted by Crippen LogP contribution is 2.21. The van der Waals surface area contributed by atoms with E-state index in [4.69, 9.17) is 9.47 Å². The van der Waals surface area contributed by atoms with Crippen LogP contribution in [0.15, 0.2) is 24.3 Å². The summed E-state index contributed by atoms with van der Waals surface area (Å²) in [6, 6.07) is 7.57. The molecule has 0 spiro atoms. The van der Waals surface area contributed by atoms with E-state index < -0.39 is 0 Å². The lowest BCUT2D eigenvalue weighted by Crippen LogP contribution is -2.35. The Hall–Kier alpha value is -0.460. The van der Waals surface area contributed by atoms with Gasteiger partial charge in [0.05, 0.1) is 18.3 Å². The molecule has 0 aromatic heterocycles. The van der Waals surface area contributed by atoms with Crippen molar-refractivity contribution in [2.45, 2.75) is 45.0 Å². The lowest BCUT2D eigenvalue weighted by atomic mass is 10.0. The minimum Gasteiger partial charge on any atom is -0.375 e. The fourth-order valence-electron chi connectivity index (χ4n) is 2.39. The van der Waals surface area contributed by atoms with Crippen molar-refractivity contribution in [3.63, 3.8) is 0 Å². The quantitative estimate of drug-likeness (QED) is 0.598. The standard InChI is InChI=1S/C15H19IO3/c1-10-7-14(8-11(2)19-10)18-9-15(17)12-3-5-13(16)6-4-12/h3-6,10-11,14H,7-9H2,1-2H3. The fraction of sp³-hybridized carbons (Fsp3) is 0.533. The van der Waals surface area contributed by atoms with E-state index in [0.29, 0.717) is 5.56 Å². The normalized spacial score (nSPS) is 27.2. The predicted octanol–water partition coefficient (Wildman–Crippen LogP) is 3.45. The van der Waals surface area contributed by atoms with E-state index >= 15 is 0 Å². The number of Topliss-reactive ketones (excluding diaryl/α,β-unsaturated/α-hetero) is 1. The molecule has 2 rings (SSSR count). The summed E-state index contributed by atoms with van der Waals surface area (Å²) in [7, 11) is 0. The number of carbonyl (C=O) groups excluding carboxylic acids is 1. The van der Waals surface area contributed by atoms with Crippen LogP contribution >= 0.6 is 22.6 Å². The lowest BCUT2D eigenvalue weighted by molar-refractivity contribution is -0.0975. The number of benzene rings is 1. The molecule has 0 aliphatic carbocycles. The molecule has 0 saturated carbocycles. The summed E-state index contributed by atoms with van der Waals surface area (Å²) in [5.74, 6) is 0.0446. The maximum Gasteiger partial charge on any atom is 0.188 e. The van der Waals surface area contributed by atoms with Crippen LogP contribution in [0.3, 0.4) is 0 Å². The number of ketones is 1. The van der Waals surface area contributed by atoms with Crippen LogP contribution in [-0.2, 0) is 9.47 Å². The number of halogens is 1. The minimum atomic E-state index is 0.0446. The van der Waals surface area contributed by atoms with Gasteiger partial charge < -0.3 is 9.47 Å². The topological polar surface area (TPSA) is 35.5 Å². The average Bonchev–Trinajstić information content (AvgIpc) is 2.36. The number of hydrogen-bond acceptors (Lipinski definition) is 3. The molecule has 1 aromatic rings. The van der Waals surface area contributed by atoms with Crippen LogP contribution in [0.25, 0.3) is 0 Å². The third-order valence-electron chi connectivity index (χ3n) is 3.27. The second-order valence-electron chi connectivity index (χ2n) is 5.09. The lowest BCUT2D eigenvalue weighted by Gasteiger charge is -2.31. The molecule has 0 amide bonds. The molecule has 1 heterocycles. The van der Waals surface area contributed by atoms with Crippen LogP contribution in [0.2, 0.25) is 0 Å². The van der Waals surface area contributed by atoms with Crippen molar-refractivity contribution in [1.82, 2.24) is 0 Å². The Balaban J connectivity index is 1.84. The Bertz CT molecular complexity index is 420. The van der Waals surface area contributed by atoms with E-state index in [2.05, 4.69) is 22.6 Å². The van der Waals surface area contributed by atoms with E-state index in [1.165, 1.54) is 0 Å². The second-order valence-corrected chi connectivity index (χ2v) is 6.34. The first-order chi connectivity index (χ1) is 9.04. The van der Waals surface area contributed by atoms with Crippen LogP contribution in [0, 0.1) is 3.57 Å². The van der Waals surface area contributed by atoms with Gasteiger partial charge in [-0.05, 0) is 61.4 Å². The van der Waals surface area contributed by atoms with E-state index in [1.54, 1.807) is 0 Å². The predicted molar refractivity (Wildman–Crippen MR) is 82.5 cm³/mol. The fourth-order valence-corrected chi connectivity index (χ4v) is 2.75. The SMILES string of the molecule is CC1CC(OCC(=O)c2ccc(I)cc2)CC(C)O1. The first kappa shape index (κ1) is 14.9. The summed E-state index contributed by atoms with van der Waals surface area (Å²) < 4.78 is 12.5. The minimum absolute atomic E-state index is 0.0446. The van der Waals surface area contributed by atoms with Crippen LogP contribution < -0.4 is 0 Å². The summed E-state index contributed by atoms with van der Waals surface area (Å²) in [6.45, 7) is 4.25. The molecule has 0 radical (unpaired) electrons. The van der Waals surface area contributed by atoms with E-state index in [9.17, 15) is 4.79 Å². The zero-order valence-electron chi connectivity index (χ0n) is 11.3. The maximum absolute atomic E-state index is 12.0. The van der Waals surface area contributed by atoms with E-state index in [0.717, 1.165) is 16.4 Å². The first-order valence-corrected chi connectivity index (χ1v) is 7.68. The largest absolute Gasteiger partial charge is 0.375 e. The van der Waals surface area contributed by atoms with Crippen LogP contribution in [0.4, 0.5) is 0 Å². The van der Waals surface area contributed by atoms with Crippen LogP contribution in [-0.4, -0.2) is 30.7 Å². The van der Waals surface area contributed by atoms with Gasteiger partial charge in [0.25, 0.3) is 0 Å². The van der Waals surface area contributed by atoms with E-state index in [-0.39, 0.29) is 30.7 Å². The molecule has 3 nitrogen and oxygen atoms in total. The highest BCUT2D eigenvalue weighted by molar-refractivity contribution is 14.1. The van der Waals surface area contributed by atoms with Gasteiger partial charge in [0.15, 0.2) is 5.78 Å². The van der Waals surface area contributed by atoms with Crippen molar-refractivity contribution in [1.29, 1.82) is 0 Å². The Kier molecular flexibility index (Phi) is 5.36. The van der Waals surface area contributed by atoms with Crippen molar-refractivity contribution < 1.29 is 14.3 Å². The van der Waals surface area contributed by atoms with Crippen molar-refractivity contribution in [3.8, 4) is 0 Å². The second kappa shape index (κ2) is 6.81. The van der Waals surface area contributed by atoms with Crippen molar-refractivity contribution >= 4 is 28.4 Å². The number of hydrogen-bond donors (Lipinski definition) is 0. The molecule has 4 heteroatoms. The molecule has 0 N–H and O–H groups in total. The molecule has 1 aliphatic rings. The van der Waals surface area contributed by atoms with Crippen molar-refractivity contribution in [3.05, 3.63) is 33.4 Å². The number of ether oxygens (including phenoxy) is 2. The van der Waals surface area contributed by atoms with Crippen molar-refractivity contribution in [2.75, 3.05) is 6.61 Å². The molecule has 1 aliphatic heterocycles. The highest BCUT2D eigenvalue weighted by atomic mass is 127. The summed E-state index contributed by atoms with van der Waals surface area (Å²) in [4.78, 5) is 12.0. The molecule has 1 aromatic carbocycles. The van der Waals surface area contributed by atoms with Crippen LogP contribution in [0.5, 0.6) is 0 Å². The van der Waals surface area contributed by atoms with Crippen LogP contribution in [0.1, 0.15) is 37.0 Å². The van der Waals surface area contributed by atoms with Gasteiger partial charge in [0.2, 0.25) is 0 Å². The zero-order chi connectivity index (χ0) is 13.8. The molecule has 19 heavy (non-hydrogen) atoms. The molecule has 104 valence electrons. The molecule has 2 unspecified atom stereocenters. The molecule has 2 atom stereocenters. The highest BCUT2D eigenvalue weighted by Gasteiger charge is 2.25. The molecular weight excluding hydrogens is 355 g/mol. The molecule has 1 saturated heterocycles. The first-order valence-electron chi connectivity index (χ1n) is 6.60. The smallest absolute Gasteiger partial charge is 0.188 e. The summed E-state index contributed by atoms with van der Waals surface area (Å²) in [5.41, 5.74) is 0.716. The third kappa shape index (κ3) is 4.54. The number of carbonyl (C=O) groups is 1. The molecular formula is C15H19IO3. The van der Waals surface area contributed by atoms with Gasteiger partial charge in [-0.25, -0.2) is 0 Å². The van der Waals surface area contributed by atoms with E-state index in [1.807, 2.05) is 38.1 Å². The van der Waals surface area contributed by atoms with Gasteiger partial charge in [-0.15, -0.1) is 0 Å².